The predicted molar refractivity (Wildman–Crippen MR) is 107 cm³/mol. The van der Waals surface area contributed by atoms with Gasteiger partial charge in [0.05, 0.1) is 4.90 Å². The van der Waals surface area contributed by atoms with E-state index in [4.69, 9.17) is 0 Å². The number of anilines is 1. The molecule has 27 heavy (non-hydrogen) atoms. The van der Waals surface area contributed by atoms with Crippen LogP contribution in [0, 0.1) is 18.8 Å². The fraction of sp³-hybridized carbons (Fsp3) is 0.381. The molecule has 2 aromatic rings. The number of amides is 1. The number of carbonyl (C=O) groups excluding carboxylic acids is 1. The first-order valence-corrected chi connectivity index (χ1v) is 10.7. The van der Waals surface area contributed by atoms with E-state index in [0.717, 1.165) is 12.0 Å². The molecule has 5 nitrogen and oxygen atoms in total. The van der Waals surface area contributed by atoms with E-state index in [1.165, 1.54) is 0 Å². The van der Waals surface area contributed by atoms with E-state index < -0.39 is 10.0 Å². The lowest BCUT2D eigenvalue weighted by molar-refractivity contribution is 0.102. The molecule has 1 aliphatic rings. The number of nitrogens with one attached hydrogen (secondary N) is 1. The molecular formula is C21H26N2O3S. The van der Waals surface area contributed by atoms with Crippen LogP contribution < -0.4 is 5.32 Å². The van der Waals surface area contributed by atoms with Crippen molar-refractivity contribution >= 4 is 21.6 Å². The maximum Gasteiger partial charge on any atom is 0.255 e. The van der Waals surface area contributed by atoms with Crippen LogP contribution in [0.25, 0.3) is 0 Å². The van der Waals surface area contributed by atoms with Gasteiger partial charge < -0.3 is 5.32 Å². The number of nitrogens with zero attached hydrogens (tertiary/aromatic N) is 1. The Morgan fingerprint density at radius 3 is 2.07 bits per heavy atom. The van der Waals surface area contributed by atoms with Gasteiger partial charge in [0.25, 0.3) is 5.91 Å². The highest BCUT2D eigenvalue weighted by Crippen LogP contribution is 2.27. The second-order valence-electron chi connectivity index (χ2n) is 7.61. The number of hydrogen-bond donors (Lipinski definition) is 1. The van der Waals surface area contributed by atoms with Crippen LogP contribution in [-0.4, -0.2) is 31.7 Å². The van der Waals surface area contributed by atoms with Crippen LogP contribution in [0.5, 0.6) is 0 Å². The molecule has 0 unspecified atom stereocenters. The number of aryl methyl sites for hydroxylation is 1. The Morgan fingerprint density at radius 2 is 1.52 bits per heavy atom. The Labute approximate surface area is 161 Å². The summed E-state index contributed by atoms with van der Waals surface area (Å²) in [5, 5.41) is 2.80. The minimum atomic E-state index is -3.51. The molecule has 2 atom stereocenters. The summed E-state index contributed by atoms with van der Waals surface area (Å²) in [7, 11) is -3.51. The summed E-state index contributed by atoms with van der Waals surface area (Å²) in [5.41, 5.74) is 2.22. The van der Waals surface area contributed by atoms with Gasteiger partial charge in [-0.3, -0.25) is 4.79 Å². The van der Waals surface area contributed by atoms with E-state index in [9.17, 15) is 13.2 Å². The van der Waals surface area contributed by atoms with E-state index in [2.05, 4.69) is 19.2 Å². The van der Waals surface area contributed by atoms with E-state index in [1.807, 2.05) is 19.1 Å². The van der Waals surface area contributed by atoms with Crippen molar-refractivity contribution in [3.8, 4) is 0 Å². The summed E-state index contributed by atoms with van der Waals surface area (Å²) in [6.07, 6.45) is 1.05. The summed E-state index contributed by atoms with van der Waals surface area (Å²) >= 11 is 0. The van der Waals surface area contributed by atoms with Gasteiger partial charge in [0.2, 0.25) is 10.0 Å². The molecule has 1 aliphatic heterocycles. The molecule has 1 saturated heterocycles. The minimum absolute atomic E-state index is 0.218. The molecule has 3 rings (SSSR count). The third kappa shape index (κ3) is 4.57. The van der Waals surface area contributed by atoms with Crippen LogP contribution >= 0.6 is 0 Å². The summed E-state index contributed by atoms with van der Waals surface area (Å²) in [6.45, 7) is 7.24. The van der Waals surface area contributed by atoms with Crippen LogP contribution in [0.1, 0.15) is 36.2 Å². The number of sulfonamides is 1. The molecule has 2 aromatic carbocycles. The molecule has 0 aliphatic carbocycles. The smallest absolute Gasteiger partial charge is 0.255 e. The van der Waals surface area contributed by atoms with Crippen molar-refractivity contribution in [3.63, 3.8) is 0 Å². The highest BCUT2D eigenvalue weighted by atomic mass is 32.2. The van der Waals surface area contributed by atoms with Crippen LogP contribution in [0.4, 0.5) is 5.69 Å². The topological polar surface area (TPSA) is 66.5 Å². The average molecular weight is 387 g/mol. The SMILES string of the molecule is Cc1ccc(C(=O)Nc2ccc(S(=O)(=O)N3C[C@H](C)C[C@H](C)C3)cc2)cc1. The van der Waals surface area contributed by atoms with Gasteiger partial charge >= 0.3 is 0 Å². The van der Waals surface area contributed by atoms with Gasteiger partial charge in [0, 0.05) is 24.3 Å². The molecule has 1 amide bonds. The Morgan fingerprint density at radius 1 is 0.963 bits per heavy atom. The first-order chi connectivity index (χ1) is 12.8. The normalized spacial score (nSPS) is 21.0. The van der Waals surface area contributed by atoms with Crippen molar-refractivity contribution in [3.05, 3.63) is 59.7 Å². The summed E-state index contributed by atoms with van der Waals surface area (Å²) in [5.74, 6) is 0.498. The molecule has 0 aromatic heterocycles. The quantitative estimate of drug-likeness (QED) is 0.866. The molecule has 1 heterocycles. The van der Waals surface area contributed by atoms with E-state index >= 15 is 0 Å². The number of benzene rings is 2. The molecule has 0 radical (unpaired) electrons. The lowest BCUT2D eigenvalue weighted by Crippen LogP contribution is -2.42. The van der Waals surface area contributed by atoms with E-state index in [0.29, 0.717) is 36.2 Å². The van der Waals surface area contributed by atoms with Crippen molar-refractivity contribution in [1.82, 2.24) is 4.31 Å². The summed E-state index contributed by atoms with van der Waals surface area (Å²) in [4.78, 5) is 12.6. The average Bonchev–Trinajstić information content (AvgIpc) is 2.62. The molecule has 6 heteroatoms. The second-order valence-corrected chi connectivity index (χ2v) is 9.55. The molecule has 1 fully saturated rings. The zero-order valence-corrected chi connectivity index (χ0v) is 16.8. The van der Waals surface area contributed by atoms with Crippen LogP contribution in [0.15, 0.2) is 53.4 Å². The Balaban J connectivity index is 1.72. The fourth-order valence-corrected chi connectivity index (χ4v) is 5.25. The van der Waals surface area contributed by atoms with Gasteiger partial charge in [-0.2, -0.15) is 4.31 Å². The third-order valence-corrected chi connectivity index (χ3v) is 6.74. The molecular weight excluding hydrogens is 360 g/mol. The Bertz CT molecular complexity index is 895. The predicted octanol–water partition coefficient (Wildman–Crippen LogP) is 3.91. The van der Waals surface area contributed by atoms with Gasteiger partial charge in [-0.05, 0) is 61.6 Å². The van der Waals surface area contributed by atoms with Crippen molar-refractivity contribution in [2.75, 3.05) is 18.4 Å². The highest BCUT2D eigenvalue weighted by molar-refractivity contribution is 7.89. The second kappa shape index (κ2) is 7.82. The summed E-state index contributed by atoms with van der Waals surface area (Å²) in [6, 6.07) is 13.7. The molecule has 1 N–H and O–H groups in total. The van der Waals surface area contributed by atoms with Crippen LogP contribution in [-0.2, 0) is 10.0 Å². The van der Waals surface area contributed by atoms with Gasteiger partial charge in [-0.15, -0.1) is 0 Å². The van der Waals surface area contributed by atoms with Crippen molar-refractivity contribution < 1.29 is 13.2 Å². The first-order valence-electron chi connectivity index (χ1n) is 9.24. The maximum atomic E-state index is 12.9. The zero-order valence-electron chi connectivity index (χ0n) is 16.0. The molecule has 0 spiro atoms. The van der Waals surface area contributed by atoms with Gasteiger partial charge in [-0.25, -0.2) is 8.42 Å². The maximum absolute atomic E-state index is 12.9. The Kier molecular flexibility index (Phi) is 5.67. The van der Waals surface area contributed by atoms with Crippen molar-refractivity contribution in [2.45, 2.75) is 32.1 Å². The van der Waals surface area contributed by atoms with E-state index in [1.54, 1.807) is 40.7 Å². The van der Waals surface area contributed by atoms with Gasteiger partial charge in [0.15, 0.2) is 0 Å². The van der Waals surface area contributed by atoms with Crippen molar-refractivity contribution in [1.29, 1.82) is 0 Å². The Hall–Kier alpha value is -2.18. The summed E-state index contributed by atoms with van der Waals surface area (Å²) < 4.78 is 27.4. The van der Waals surface area contributed by atoms with Crippen LogP contribution in [0.2, 0.25) is 0 Å². The third-order valence-electron chi connectivity index (χ3n) is 4.90. The first kappa shape index (κ1) is 19.6. The van der Waals surface area contributed by atoms with E-state index in [-0.39, 0.29) is 10.8 Å². The monoisotopic (exact) mass is 386 g/mol. The lowest BCUT2D eigenvalue weighted by atomic mass is 9.94. The lowest BCUT2D eigenvalue weighted by Gasteiger charge is -2.34. The number of rotatable bonds is 4. The minimum Gasteiger partial charge on any atom is -0.322 e. The fourth-order valence-electron chi connectivity index (χ4n) is 3.57. The zero-order chi connectivity index (χ0) is 19.6. The largest absolute Gasteiger partial charge is 0.322 e. The number of carbonyl (C=O) groups is 1. The molecule has 0 saturated carbocycles. The number of hydrogen-bond acceptors (Lipinski definition) is 3. The molecule has 0 bridgehead atoms. The van der Waals surface area contributed by atoms with Crippen LogP contribution in [0.3, 0.4) is 0 Å². The number of piperidine rings is 1. The standard InChI is InChI=1S/C21H26N2O3S/c1-15-4-6-18(7-5-15)21(24)22-19-8-10-20(11-9-19)27(25,26)23-13-16(2)12-17(3)14-23/h4-11,16-17H,12-14H2,1-3H3,(H,22,24)/t16-,17+. The highest BCUT2D eigenvalue weighted by Gasteiger charge is 2.31. The van der Waals surface area contributed by atoms with Gasteiger partial charge in [0.1, 0.15) is 0 Å². The molecule has 144 valence electrons. The van der Waals surface area contributed by atoms with Crippen molar-refractivity contribution in [2.24, 2.45) is 11.8 Å². The van der Waals surface area contributed by atoms with Gasteiger partial charge in [-0.1, -0.05) is 31.5 Å².